The van der Waals surface area contributed by atoms with Gasteiger partial charge in [-0.25, -0.2) is 0 Å². The van der Waals surface area contributed by atoms with Crippen molar-refractivity contribution in [3.05, 3.63) is 11.6 Å². The summed E-state index contributed by atoms with van der Waals surface area (Å²) < 4.78 is 12.0. The van der Waals surface area contributed by atoms with E-state index in [0.29, 0.717) is 12.0 Å². The molecular weight excluding hydrogens is 312 g/mol. The second kappa shape index (κ2) is 5.11. The number of fused-ring (bicyclic) bond motifs is 3. The van der Waals surface area contributed by atoms with E-state index in [1.807, 2.05) is 7.11 Å². The van der Waals surface area contributed by atoms with Crippen molar-refractivity contribution >= 4 is 0 Å². The van der Waals surface area contributed by atoms with Crippen LogP contribution in [0.3, 0.4) is 0 Å². The average Bonchev–Trinajstić information content (AvgIpc) is 2.87. The molecule has 1 saturated heterocycles. The van der Waals surface area contributed by atoms with Crippen LogP contribution in [-0.4, -0.2) is 37.1 Å². The highest BCUT2D eigenvalue weighted by Gasteiger charge is 2.68. The molecule has 25 heavy (non-hydrogen) atoms. The number of aliphatic hydroxyl groups excluding tert-OH is 1. The SMILES string of the molecule is CO[C@H]1C[C@@H]2OC[C@@]23C(=CC[C@@H]2[C@H]4CC[C@@H](O)[C@@]4(C)CC[C@H]23)C1(C)C. The summed E-state index contributed by atoms with van der Waals surface area (Å²) in [6.45, 7) is 8.05. The van der Waals surface area contributed by atoms with Gasteiger partial charge in [-0.15, -0.1) is 0 Å². The first kappa shape index (κ1) is 16.8. The highest BCUT2D eigenvalue weighted by atomic mass is 16.5. The lowest BCUT2D eigenvalue weighted by Crippen LogP contribution is -2.69. The van der Waals surface area contributed by atoms with E-state index in [1.165, 1.54) is 25.7 Å². The van der Waals surface area contributed by atoms with Gasteiger partial charge in [0.05, 0.1) is 24.9 Å². The Morgan fingerprint density at radius 3 is 2.64 bits per heavy atom. The highest BCUT2D eigenvalue weighted by molar-refractivity contribution is 5.36. The maximum Gasteiger partial charge on any atom is 0.0719 e. The molecule has 3 nitrogen and oxygen atoms in total. The summed E-state index contributed by atoms with van der Waals surface area (Å²) >= 11 is 0. The van der Waals surface area contributed by atoms with Gasteiger partial charge in [-0.2, -0.15) is 0 Å². The third kappa shape index (κ3) is 1.83. The number of aliphatic hydroxyl groups is 1. The summed E-state index contributed by atoms with van der Waals surface area (Å²) in [5, 5.41) is 10.6. The minimum atomic E-state index is -0.0876. The van der Waals surface area contributed by atoms with Crippen LogP contribution in [0.4, 0.5) is 0 Å². The van der Waals surface area contributed by atoms with Gasteiger partial charge in [-0.3, -0.25) is 0 Å². The van der Waals surface area contributed by atoms with E-state index in [0.717, 1.165) is 31.3 Å². The van der Waals surface area contributed by atoms with Gasteiger partial charge >= 0.3 is 0 Å². The molecular formula is C22H34O3. The molecule has 0 aromatic carbocycles. The molecule has 5 aliphatic rings. The fourth-order valence-electron chi connectivity index (χ4n) is 8.04. The molecule has 140 valence electrons. The van der Waals surface area contributed by atoms with E-state index in [2.05, 4.69) is 26.8 Å². The summed E-state index contributed by atoms with van der Waals surface area (Å²) in [5.41, 5.74) is 2.16. The predicted molar refractivity (Wildman–Crippen MR) is 97.1 cm³/mol. The van der Waals surface area contributed by atoms with E-state index < -0.39 is 0 Å². The van der Waals surface area contributed by atoms with E-state index in [4.69, 9.17) is 9.47 Å². The normalized spacial score (nSPS) is 56.0. The lowest BCUT2D eigenvalue weighted by atomic mass is 9.42. The molecule has 0 radical (unpaired) electrons. The first-order chi connectivity index (χ1) is 11.9. The number of hydrogen-bond donors (Lipinski definition) is 1. The molecule has 3 saturated carbocycles. The van der Waals surface area contributed by atoms with Crippen LogP contribution in [0.5, 0.6) is 0 Å². The summed E-state index contributed by atoms with van der Waals surface area (Å²) in [5.74, 6) is 2.17. The van der Waals surface area contributed by atoms with Gasteiger partial charge in [0.15, 0.2) is 0 Å². The Labute approximate surface area is 152 Å². The largest absolute Gasteiger partial charge is 0.393 e. The summed E-state index contributed by atoms with van der Waals surface area (Å²) in [6, 6.07) is 0. The van der Waals surface area contributed by atoms with Crippen LogP contribution >= 0.6 is 0 Å². The fraction of sp³-hybridized carbons (Fsp3) is 0.909. The molecule has 1 N–H and O–H groups in total. The molecule has 4 aliphatic carbocycles. The van der Waals surface area contributed by atoms with Gasteiger partial charge in [-0.1, -0.05) is 32.4 Å². The second-order valence-corrected chi connectivity index (χ2v) is 10.4. The molecule has 8 atom stereocenters. The predicted octanol–water partition coefficient (Wildman–Crippen LogP) is 3.95. The Balaban J connectivity index is 1.56. The zero-order valence-corrected chi connectivity index (χ0v) is 16.3. The summed E-state index contributed by atoms with van der Waals surface area (Å²) in [6.07, 6.45) is 10.0. The first-order valence-corrected chi connectivity index (χ1v) is 10.4. The number of ether oxygens (including phenoxy) is 2. The molecule has 0 aromatic heterocycles. The second-order valence-electron chi connectivity index (χ2n) is 10.4. The van der Waals surface area contributed by atoms with Gasteiger partial charge in [0, 0.05) is 24.4 Å². The van der Waals surface area contributed by atoms with E-state index in [9.17, 15) is 5.11 Å². The minimum Gasteiger partial charge on any atom is -0.393 e. The van der Waals surface area contributed by atoms with Gasteiger partial charge in [0.2, 0.25) is 0 Å². The fourth-order valence-corrected chi connectivity index (χ4v) is 8.04. The smallest absolute Gasteiger partial charge is 0.0719 e. The Kier molecular flexibility index (Phi) is 3.43. The molecule has 0 amide bonds. The third-order valence-electron chi connectivity index (χ3n) is 9.45. The zero-order chi connectivity index (χ0) is 17.6. The van der Waals surface area contributed by atoms with E-state index in [-0.39, 0.29) is 28.5 Å². The number of methoxy groups -OCH3 is 1. The van der Waals surface area contributed by atoms with Crippen LogP contribution in [0.15, 0.2) is 11.6 Å². The van der Waals surface area contributed by atoms with Crippen molar-refractivity contribution in [3.8, 4) is 0 Å². The van der Waals surface area contributed by atoms with Crippen LogP contribution < -0.4 is 0 Å². The van der Waals surface area contributed by atoms with Crippen molar-refractivity contribution in [3.63, 3.8) is 0 Å². The Bertz CT molecular complexity index is 610. The maximum atomic E-state index is 10.6. The molecule has 4 fully saturated rings. The van der Waals surface area contributed by atoms with Gasteiger partial charge < -0.3 is 14.6 Å². The number of rotatable bonds is 1. The quantitative estimate of drug-likeness (QED) is 0.731. The standard InChI is InChI=1S/C22H34O3/c1-20(2)16-7-5-13-14-6-8-17(23)21(14,3)10-9-15(13)22(16)12-25-19(22)11-18(20)24-4/h7,13-15,17-19,23H,5-6,8-12H2,1-4H3/t13-,14-,15-,17-,18+,19+,21+,22-/m1/s1. The van der Waals surface area contributed by atoms with Crippen molar-refractivity contribution in [2.45, 2.75) is 77.6 Å². The van der Waals surface area contributed by atoms with Crippen molar-refractivity contribution in [2.75, 3.05) is 13.7 Å². The van der Waals surface area contributed by atoms with Crippen LogP contribution in [0.2, 0.25) is 0 Å². The van der Waals surface area contributed by atoms with Gasteiger partial charge in [0.25, 0.3) is 0 Å². The lowest BCUT2D eigenvalue weighted by molar-refractivity contribution is -0.261. The van der Waals surface area contributed by atoms with Crippen molar-refractivity contribution < 1.29 is 14.6 Å². The topological polar surface area (TPSA) is 38.7 Å². The lowest BCUT2D eigenvalue weighted by Gasteiger charge is -2.68. The molecule has 1 spiro atoms. The number of hydrogen-bond acceptors (Lipinski definition) is 3. The monoisotopic (exact) mass is 346 g/mol. The van der Waals surface area contributed by atoms with Crippen molar-refractivity contribution in [1.29, 1.82) is 0 Å². The van der Waals surface area contributed by atoms with Gasteiger partial charge in [0.1, 0.15) is 0 Å². The molecule has 5 rings (SSSR count). The van der Waals surface area contributed by atoms with E-state index >= 15 is 0 Å². The van der Waals surface area contributed by atoms with Crippen molar-refractivity contribution in [2.24, 2.45) is 34.0 Å². The summed E-state index contributed by atoms with van der Waals surface area (Å²) in [7, 11) is 1.86. The Morgan fingerprint density at radius 1 is 1.16 bits per heavy atom. The first-order valence-electron chi connectivity index (χ1n) is 10.4. The van der Waals surface area contributed by atoms with E-state index in [1.54, 1.807) is 5.57 Å². The molecule has 3 heteroatoms. The third-order valence-corrected chi connectivity index (χ3v) is 9.45. The maximum absolute atomic E-state index is 10.6. The highest BCUT2D eigenvalue weighted by Crippen LogP contribution is 2.70. The van der Waals surface area contributed by atoms with Crippen LogP contribution in [-0.2, 0) is 9.47 Å². The van der Waals surface area contributed by atoms with Crippen LogP contribution in [0.1, 0.15) is 59.3 Å². The molecule has 0 unspecified atom stereocenters. The number of allylic oxidation sites excluding steroid dienone is 1. The molecule has 0 bridgehead atoms. The summed E-state index contributed by atoms with van der Waals surface area (Å²) in [4.78, 5) is 0. The van der Waals surface area contributed by atoms with Crippen LogP contribution in [0, 0.1) is 34.0 Å². The Morgan fingerprint density at radius 2 is 1.96 bits per heavy atom. The molecule has 0 aromatic rings. The minimum absolute atomic E-state index is 0.0876. The van der Waals surface area contributed by atoms with Gasteiger partial charge in [-0.05, 0) is 55.3 Å². The zero-order valence-electron chi connectivity index (χ0n) is 16.3. The average molecular weight is 347 g/mol. The molecule has 1 aliphatic heterocycles. The van der Waals surface area contributed by atoms with Crippen molar-refractivity contribution in [1.82, 2.24) is 0 Å². The Hall–Kier alpha value is -0.380. The van der Waals surface area contributed by atoms with Crippen LogP contribution in [0.25, 0.3) is 0 Å². The molecule has 1 heterocycles.